The third kappa shape index (κ3) is 5.79. The number of halogens is 1. The standard InChI is InChI=1S/C27H32FN5O3/c1-16-13-19(7-9-21(16)28)20-8-10-22(30-14-20)17(2)31-25-29-12-11-24(32-25)33-23(15-35-26(33)34)18(3)36-27(4,5)6/h7-14,17-18,23H,15H2,1-6H3,(H,29,31,32)/t17-,18+,23+/m0/s1. The molecule has 0 unspecified atom stereocenters. The van der Waals surface area contributed by atoms with Gasteiger partial charge in [0.2, 0.25) is 5.95 Å². The van der Waals surface area contributed by atoms with E-state index in [4.69, 9.17) is 9.47 Å². The van der Waals surface area contributed by atoms with Crippen molar-refractivity contribution in [3.63, 3.8) is 0 Å². The number of carbonyl (C=O) groups excluding carboxylic acids is 1. The Morgan fingerprint density at radius 3 is 2.56 bits per heavy atom. The maximum atomic E-state index is 13.6. The topological polar surface area (TPSA) is 89.5 Å². The van der Waals surface area contributed by atoms with Crippen LogP contribution < -0.4 is 10.2 Å². The van der Waals surface area contributed by atoms with Gasteiger partial charge in [-0.05, 0) is 76.9 Å². The SMILES string of the molecule is Cc1cc(-c2ccc([C@H](C)Nc3nccc(N4C(=O)OC[C@@H]4[C@@H](C)OC(C)(C)C)n3)nc2)ccc1F. The largest absolute Gasteiger partial charge is 0.447 e. The van der Waals surface area contributed by atoms with Gasteiger partial charge in [-0.15, -0.1) is 0 Å². The average molecular weight is 494 g/mol. The quantitative estimate of drug-likeness (QED) is 0.452. The van der Waals surface area contributed by atoms with E-state index in [1.807, 2.05) is 46.8 Å². The number of hydrogen-bond acceptors (Lipinski definition) is 7. The van der Waals surface area contributed by atoms with Crippen molar-refractivity contribution in [2.75, 3.05) is 16.8 Å². The van der Waals surface area contributed by atoms with Gasteiger partial charge in [-0.2, -0.15) is 4.98 Å². The summed E-state index contributed by atoms with van der Waals surface area (Å²) < 4.78 is 25.0. The van der Waals surface area contributed by atoms with Gasteiger partial charge >= 0.3 is 6.09 Å². The molecular formula is C27H32FN5O3. The molecule has 1 fully saturated rings. The van der Waals surface area contributed by atoms with Gasteiger partial charge in [0.05, 0.1) is 23.4 Å². The normalized spacial score (nSPS) is 17.6. The first kappa shape index (κ1) is 25.5. The third-order valence-electron chi connectivity index (χ3n) is 5.94. The van der Waals surface area contributed by atoms with Crippen LogP contribution in [0.2, 0.25) is 0 Å². The van der Waals surface area contributed by atoms with Gasteiger partial charge in [0.25, 0.3) is 0 Å². The van der Waals surface area contributed by atoms with Crippen LogP contribution in [0.5, 0.6) is 0 Å². The minimum atomic E-state index is -0.463. The first-order chi connectivity index (χ1) is 17.0. The van der Waals surface area contributed by atoms with Crippen LogP contribution in [-0.2, 0) is 9.47 Å². The van der Waals surface area contributed by atoms with Gasteiger partial charge < -0.3 is 14.8 Å². The molecule has 3 atom stereocenters. The number of aryl methyl sites for hydroxylation is 1. The summed E-state index contributed by atoms with van der Waals surface area (Å²) in [6.07, 6.45) is 2.64. The van der Waals surface area contributed by atoms with E-state index in [0.29, 0.717) is 17.3 Å². The summed E-state index contributed by atoms with van der Waals surface area (Å²) in [6, 6.07) is 10.0. The lowest BCUT2D eigenvalue weighted by molar-refractivity contribution is -0.0618. The van der Waals surface area contributed by atoms with Crippen molar-refractivity contribution in [1.29, 1.82) is 0 Å². The molecule has 8 nitrogen and oxygen atoms in total. The van der Waals surface area contributed by atoms with Gasteiger partial charge in [-0.3, -0.25) is 9.88 Å². The monoisotopic (exact) mass is 493 g/mol. The second-order valence-corrected chi connectivity index (χ2v) is 9.99. The Labute approximate surface area is 210 Å². The maximum absolute atomic E-state index is 13.6. The highest BCUT2D eigenvalue weighted by Crippen LogP contribution is 2.28. The predicted molar refractivity (Wildman–Crippen MR) is 136 cm³/mol. The van der Waals surface area contributed by atoms with E-state index in [9.17, 15) is 9.18 Å². The molecule has 0 radical (unpaired) electrons. The third-order valence-corrected chi connectivity index (χ3v) is 5.94. The van der Waals surface area contributed by atoms with Crippen molar-refractivity contribution >= 4 is 17.9 Å². The number of pyridine rings is 1. The highest BCUT2D eigenvalue weighted by Gasteiger charge is 2.40. The van der Waals surface area contributed by atoms with Crippen LogP contribution >= 0.6 is 0 Å². The number of hydrogen-bond donors (Lipinski definition) is 1. The number of cyclic esters (lactones) is 1. The summed E-state index contributed by atoms with van der Waals surface area (Å²) in [5, 5.41) is 3.25. The Morgan fingerprint density at radius 1 is 1.14 bits per heavy atom. The fraction of sp³-hybridized carbons (Fsp3) is 0.407. The van der Waals surface area contributed by atoms with Crippen LogP contribution in [0.4, 0.5) is 21.0 Å². The van der Waals surface area contributed by atoms with Crippen LogP contribution in [0.25, 0.3) is 11.1 Å². The molecule has 0 bridgehead atoms. The zero-order valence-corrected chi connectivity index (χ0v) is 21.4. The molecule has 0 saturated carbocycles. The smallest absolute Gasteiger partial charge is 0.416 e. The van der Waals surface area contributed by atoms with E-state index in [-0.39, 0.29) is 36.2 Å². The summed E-state index contributed by atoms with van der Waals surface area (Å²) in [5.41, 5.74) is 2.82. The molecule has 1 aliphatic rings. The van der Waals surface area contributed by atoms with Gasteiger partial charge in [0.15, 0.2) is 0 Å². The van der Waals surface area contributed by atoms with Crippen LogP contribution in [0.3, 0.4) is 0 Å². The fourth-order valence-corrected chi connectivity index (χ4v) is 4.16. The second kappa shape index (κ2) is 10.2. The van der Waals surface area contributed by atoms with Crippen molar-refractivity contribution in [3.8, 4) is 11.1 Å². The number of anilines is 2. The lowest BCUT2D eigenvalue weighted by Gasteiger charge is -2.31. The van der Waals surface area contributed by atoms with Gasteiger partial charge in [0.1, 0.15) is 24.3 Å². The number of amides is 1. The molecule has 1 N–H and O–H groups in total. The Hall–Kier alpha value is -3.59. The van der Waals surface area contributed by atoms with Crippen LogP contribution in [0, 0.1) is 12.7 Å². The van der Waals surface area contributed by atoms with Gasteiger partial charge in [-0.25, -0.2) is 14.2 Å². The molecule has 36 heavy (non-hydrogen) atoms. The molecule has 1 saturated heterocycles. The zero-order chi connectivity index (χ0) is 26.0. The van der Waals surface area contributed by atoms with Gasteiger partial charge in [0, 0.05) is 18.0 Å². The molecule has 3 aromatic rings. The van der Waals surface area contributed by atoms with Crippen molar-refractivity contribution < 1.29 is 18.7 Å². The minimum absolute atomic E-state index is 0.200. The number of ether oxygens (including phenoxy) is 2. The Balaban J connectivity index is 1.48. The molecule has 9 heteroatoms. The van der Waals surface area contributed by atoms with Crippen molar-refractivity contribution in [1.82, 2.24) is 15.0 Å². The number of nitrogens with one attached hydrogen (secondary N) is 1. The summed E-state index contributed by atoms with van der Waals surface area (Å²) in [5.74, 6) is 0.572. The number of nitrogens with zero attached hydrogens (tertiary/aromatic N) is 4. The predicted octanol–water partition coefficient (Wildman–Crippen LogP) is 5.69. The second-order valence-electron chi connectivity index (χ2n) is 9.99. The highest BCUT2D eigenvalue weighted by molar-refractivity contribution is 5.89. The molecule has 190 valence electrons. The van der Waals surface area contributed by atoms with E-state index < -0.39 is 6.09 Å². The lowest BCUT2D eigenvalue weighted by atomic mass is 10.0. The first-order valence-corrected chi connectivity index (χ1v) is 12.0. The molecule has 1 aromatic carbocycles. The molecule has 0 aliphatic carbocycles. The van der Waals surface area contributed by atoms with Crippen molar-refractivity contribution in [2.45, 2.75) is 65.3 Å². The fourth-order valence-electron chi connectivity index (χ4n) is 4.16. The van der Waals surface area contributed by atoms with Crippen LogP contribution in [0.1, 0.15) is 51.9 Å². The molecule has 2 aromatic heterocycles. The summed E-state index contributed by atoms with van der Waals surface area (Å²) in [7, 11) is 0. The van der Waals surface area contributed by atoms with Gasteiger partial charge in [-0.1, -0.05) is 12.1 Å². The Morgan fingerprint density at radius 2 is 1.89 bits per heavy atom. The average Bonchev–Trinajstić information content (AvgIpc) is 3.21. The molecule has 0 spiro atoms. The summed E-state index contributed by atoms with van der Waals surface area (Å²) in [4.78, 5) is 27.5. The van der Waals surface area contributed by atoms with E-state index in [1.54, 1.807) is 37.5 Å². The lowest BCUT2D eigenvalue weighted by Crippen LogP contribution is -2.45. The van der Waals surface area contributed by atoms with Crippen molar-refractivity contribution in [3.05, 3.63) is 65.9 Å². The number of aromatic nitrogens is 3. The number of benzene rings is 1. The van der Waals surface area contributed by atoms with Crippen molar-refractivity contribution in [2.24, 2.45) is 0 Å². The molecule has 1 amide bonds. The van der Waals surface area contributed by atoms with E-state index in [2.05, 4.69) is 20.3 Å². The van der Waals surface area contributed by atoms with E-state index in [1.165, 1.54) is 11.0 Å². The number of rotatable bonds is 7. The molecule has 3 heterocycles. The minimum Gasteiger partial charge on any atom is -0.447 e. The van der Waals surface area contributed by atoms with Crippen LogP contribution in [0.15, 0.2) is 48.8 Å². The molecule has 1 aliphatic heterocycles. The first-order valence-electron chi connectivity index (χ1n) is 12.0. The van der Waals surface area contributed by atoms with Crippen LogP contribution in [-0.4, -0.2) is 45.4 Å². The summed E-state index contributed by atoms with van der Waals surface area (Å²) in [6.45, 7) is 11.8. The maximum Gasteiger partial charge on any atom is 0.416 e. The van der Waals surface area contributed by atoms with E-state index in [0.717, 1.165) is 16.8 Å². The number of carbonyl (C=O) groups is 1. The highest BCUT2D eigenvalue weighted by atomic mass is 19.1. The summed E-state index contributed by atoms with van der Waals surface area (Å²) >= 11 is 0. The van der Waals surface area contributed by atoms with E-state index >= 15 is 0 Å². The molecule has 4 rings (SSSR count). The Kier molecular flexibility index (Phi) is 7.21. The zero-order valence-electron chi connectivity index (χ0n) is 21.4. The molecular weight excluding hydrogens is 461 g/mol. The Bertz CT molecular complexity index is 1230.